The Morgan fingerprint density at radius 2 is 2.31 bits per heavy atom. The zero-order valence-electron chi connectivity index (χ0n) is 9.77. The third kappa shape index (κ3) is 2.07. The largest absolute Gasteiger partial charge is 0.495 e. The Balaban J connectivity index is 2.25. The molecule has 0 amide bonds. The first-order valence-corrected chi connectivity index (χ1v) is 5.51. The van der Waals surface area contributed by atoms with Crippen molar-refractivity contribution in [2.24, 2.45) is 0 Å². The summed E-state index contributed by atoms with van der Waals surface area (Å²) in [6.07, 6.45) is 0.249. The second-order valence-electron chi connectivity index (χ2n) is 4.02. The summed E-state index contributed by atoms with van der Waals surface area (Å²) in [7, 11) is 1.64. The molecule has 1 aliphatic rings. The molecule has 1 aliphatic heterocycles. The van der Waals surface area contributed by atoms with E-state index < -0.39 is 0 Å². The zero-order chi connectivity index (χ0) is 11.5. The van der Waals surface area contributed by atoms with Crippen molar-refractivity contribution < 1.29 is 9.47 Å². The fourth-order valence-corrected chi connectivity index (χ4v) is 2.02. The number of rotatable bonds is 2. The Bertz CT molecular complexity index is 368. The SMILES string of the molecule is COc1cccc(N2CCOC(C)C2)c1N. The maximum atomic E-state index is 6.06. The van der Waals surface area contributed by atoms with Gasteiger partial charge in [-0.3, -0.25) is 0 Å². The van der Waals surface area contributed by atoms with E-state index in [1.165, 1.54) is 0 Å². The van der Waals surface area contributed by atoms with E-state index in [2.05, 4.69) is 11.8 Å². The maximum Gasteiger partial charge on any atom is 0.143 e. The zero-order valence-corrected chi connectivity index (χ0v) is 9.77. The molecule has 1 aromatic rings. The number of morpholine rings is 1. The van der Waals surface area contributed by atoms with Crippen molar-refractivity contribution in [1.29, 1.82) is 0 Å². The molecule has 2 rings (SSSR count). The predicted octanol–water partition coefficient (Wildman–Crippen LogP) is 1.50. The molecule has 1 saturated heterocycles. The number of methoxy groups -OCH3 is 1. The van der Waals surface area contributed by atoms with E-state index in [4.69, 9.17) is 15.2 Å². The molecule has 0 saturated carbocycles. The summed E-state index contributed by atoms with van der Waals surface area (Å²) < 4.78 is 10.7. The molecule has 1 atom stereocenters. The minimum absolute atomic E-state index is 0.249. The van der Waals surface area contributed by atoms with E-state index in [9.17, 15) is 0 Å². The molecule has 0 radical (unpaired) electrons. The van der Waals surface area contributed by atoms with E-state index in [1.54, 1.807) is 7.11 Å². The molecule has 4 heteroatoms. The number of hydrogen-bond donors (Lipinski definition) is 1. The van der Waals surface area contributed by atoms with Gasteiger partial charge in [0.2, 0.25) is 0 Å². The van der Waals surface area contributed by atoms with Crippen molar-refractivity contribution in [2.75, 3.05) is 37.4 Å². The molecule has 1 heterocycles. The second-order valence-corrected chi connectivity index (χ2v) is 4.02. The number of hydrogen-bond acceptors (Lipinski definition) is 4. The van der Waals surface area contributed by atoms with Gasteiger partial charge < -0.3 is 20.1 Å². The minimum atomic E-state index is 0.249. The van der Waals surface area contributed by atoms with Crippen LogP contribution in [0.5, 0.6) is 5.75 Å². The summed E-state index contributed by atoms with van der Waals surface area (Å²) in [5, 5.41) is 0. The van der Waals surface area contributed by atoms with Crippen LogP contribution in [0.4, 0.5) is 11.4 Å². The van der Waals surface area contributed by atoms with Gasteiger partial charge in [-0.1, -0.05) is 6.07 Å². The van der Waals surface area contributed by atoms with Crippen molar-refractivity contribution in [3.05, 3.63) is 18.2 Å². The molecule has 1 unspecified atom stereocenters. The number of benzene rings is 1. The van der Waals surface area contributed by atoms with Crippen molar-refractivity contribution in [3.63, 3.8) is 0 Å². The highest BCUT2D eigenvalue weighted by atomic mass is 16.5. The quantitative estimate of drug-likeness (QED) is 0.770. The average Bonchev–Trinajstić information content (AvgIpc) is 2.29. The molecular formula is C12H18N2O2. The third-order valence-electron chi connectivity index (χ3n) is 2.84. The van der Waals surface area contributed by atoms with Gasteiger partial charge in [-0.15, -0.1) is 0 Å². The summed E-state index contributed by atoms with van der Waals surface area (Å²) in [4.78, 5) is 2.24. The molecule has 0 bridgehead atoms. The van der Waals surface area contributed by atoms with E-state index in [0.717, 1.165) is 31.1 Å². The van der Waals surface area contributed by atoms with Crippen LogP contribution in [0.15, 0.2) is 18.2 Å². The van der Waals surface area contributed by atoms with E-state index in [-0.39, 0.29) is 6.10 Å². The number of nitrogens with zero attached hydrogens (tertiary/aromatic N) is 1. The predicted molar refractivity (Wildman–Crippen MR) is 65.0 cm³/mol. The first-order chi connectivity index (χ1) is 7.72. The fourth-order valence-electron chi connectivity index (χ4n) is 2.02. The van der Waals surface area contributed by atoms with Gasteiger partial charge in [-0.05, 0) is 19.1 Å². The standard InChI is InChI=1S/C12H18N2O2/c1-9-8-14(6-7-16-9)10-4-3-5-11(15-2)12(10)13/h3-5,9H,6-8,13H2,1-2H3. The Morgan fingerprint density at radius 3 is 3.00 bits per heavy atom. The van der Waals surface area contributed by atoms with Crippen LogP contribution in [-0.2, 0) is 4.74 Å². The van der Waals surface area contributed by atoms with Gasteiger partial charge >= 0.3 is 0 Å². The summed E-state index contributed by atoms with van der Waals surface area (Å²) in [5.74, 6) is 0.733. The Labute approximate surface area is 95.9 Å². The highest BCUT2D eigenvalue weighted by Gasteiger charge is 2.19. The molecule has 88 valence electrons. The molecule has 2 N–H and O–H groups in total. The smallest absolute Gasteiger partial charge is 0.143 e. The van der Waals surface area contributed by atoms with Crippen LogP contribution in [-0.4, -0.2) is 32.9 Å². The molecule has 0 aliphatic carbocycles. The van der Waals surface area contributed by atoms with Gasteiger partial charge in [-0.2, -0.15) is 0 Å². The van der Waals surface area contributed by atoms with Crippen LogP contribution in [0, 0.1) is 0 Å². The maximum absolute atomic E-state index is 6.06. The number of nitrogens with two attached hydrogens (primary N) is 1. The molecule has 0 spiro atoms. The molecule has 4 nitrogen and oxygen atoms in total. The van der Waals surface area contributed by atoms with Crippen LogP contribution in [0.2, 0.25) is 0 Å². The van der Waals surface area contributed by atoms with E-state index in [0.29, 0.717) is 5.69 Å². The topological polar surface area (TPSA) is 47.7 Å². The minimum Gasteiger partial charge on any atom is -0.495 e. The van der Waals surface area contributed by atoms with Crippen molar-refractivity contribution in [2.45, 2.75) is 13.0 Å². The fraction of sp³-hybridized carbons (Fsp3) is 0.500. The Morgan fingerprint density at radius 1 is 1.50 bits per heavy atom. The van der Waals surface area contributed by atoms with Gasteiger partial charge in [0.1, 0.15) is 5.75 Å². The number of anilines is 2. The van der Waals surface area contributed by atoms with Crippen LogP contribution < -0.4 is 15.4 Å². The highest BCUT2D eigenvalue weighted by molar-refractivity contribution is 5.74. The lowest BCUT2D eigenvalue weighted by molar-refractivity contribution is 0.0532. The Hall–Kier alpha value is -1.42. The van der Waals surface area contributed by atoms with Gasteiger partial charge in [0.15, 0.2) is 0 Å². The lowest BCUT2D eigenvalue weighted by atomic mass is 10.2. The molecule has 1 aromatic carbocycles. The van der Waals surface area contributed by atoms with Crippen LogP contribution in [0.3, 0.4) is 0 Å². The van der Waals surface area contributed by atoms with Crippen LogP contribution in [0.25, 0.3) is 0 Å². The van der Waals surface area contributed by atoms with Crippen LogP contribution >= 0.6 is 0 Å². The number of para-hydroxylation sites is 1. The van der Waals surface area contributed by atoms with Crippen molar-refractivity contribution in [3.8, 4) is 5.75 Å². The molecular weight excluding hydrogens is 204 g/mol. The Kier molecular flexibility index (Phi) is 3.19. The first kappa shape index (κ1) is 11.1. The van der Waals surface area contributed by atoms with Crippen molar-refractivity contribution >= 4 is 11.4 Å². The van der Waals surface area contributed by atoms with Crippen molar-refractivity contribution in [1.82, 2.24) is 0 Å². The van der Waals surface area contributed by atoms with Gasteiger partial charge in [-0.25, -0.2) is 0 Å². The van der Waals surface area contributed by atoms with Gasteiger partial charge in [0.25, 0.3) is 0 Å². The monoisotopic (exact) mass is 222 g/mol. The third-order valence-corrected chi connectivity index (χ3v) is 2.84. The van der Waals surface area contributed by atoms with Crippen LogP contribution in [0.1, 0.15) is 6.92 Å². The summed E-state index contributed by atoms with van der Waals surface area (Å²) in [5.41, 5.74) is 7.81. The number of ether oxygens (including phenoxy) is 2. The lowest BCUT2D eigenvalue weighted by Crippen LogP contribution is -2.41. The molecule has 16 heavy (non-hydrogen) atoms. The lowest BCUT2D eigenvalue weighted by Gasteiger charge is -2.33. The normalized spacial score (nSPS) is 20.9. The average molecular weight is 222 g/mol. The van der Waals surface area contributed by atoms with E-state index in [1.807, 2.05) is 18.2 Å². The summed E-state index contributed by atoms with van der Waals surface area (Å²) in [6, 6.07) is 5.86. The second kappa shape index (κ2) is 4.61. The summed E-state index contributed by atoms with van der Waals surface area (Å²) in [6.45, 7) is 4.57. The van der Waals surface area contributed by atoms with E-state index >= 15 is 0 Å². The first-order valence-electron chi connectivity index (χ1n) is 5.51. The summed E-state index contributed by atoms with van der Waals surface area (Å²) >= 11 is 0. The van der Waals surface area contributed by atoms with Gasteiger partial charge in [0, 0.05) is 13.1 Å². The molecule has 1 fully saturated rings. The van der Waals surface area contributed by atoms with Gasteiger partial charge in [0.05, 0.1) is 31.2 Å². The molecule has 0 aromatic heterocycles. The number of nitrogen functional groups attached to an aromatic ring is 1. The highest BCUT2D eigenvalue weighted by Crippen LogP contribution is 2.32.